The topological polar surface area (TPSA) is 84.6 Å². The summed E-state index contributed by atoms with van der Waals surface area (Å²) in [6, 6.07) is 9.69. The van der Waals surface area contributed by atoms with Crippen molar-refractivity contribution in [3.8, 4) is 0 Å². The second-order valence-corrected chi connectivity index (χ2v) is 11.6. The van der Waals surface area contributed by atoms with Gasteiger partial charge in [0.25, 0.3) is 0 Å². The van der Waals surface area contributed by atoms with Gasteiger partial charge in [-0.2, -0.15) is 9.46 Å². The number of carbonyl (C=O) groups excluding carboxylic acids is 2. The first kappa shape index (κ1) is 23.2. The largest absolute Gasteiger partial charge is 0.342 e. The number of hydrogen-bond acceptors (Lipinski definition) is 4. The summed E-state index contributed by atoms with van der Waals surface area (Å²) in [4.78, 5) is 27.6. The maximum atomic E-state index is 13.2. The van der Waals surface area contributed by atoms with Crippen LogP contribution in [0.4, 0.5) is 0 Å². The number of hydrogen-bond donors (Lipinski definition) is 0. The highest BCUT2D eigenvalue weighted by molar-refractivity contribution is 7.93. The van der Waals surface area contributed by atoms with Gasteiger partial charge in [0.15, 0.2) is 0 Å². The Kier molecular flexibility index (Phi) is 6.41. The highest BCUT2D eigenvalue weighted by atomic mass is 32.2. The molecular weight excluding hydrogens is 412 g/mol. The molecule has 0 saturated carbocycles. The van der Waals surface area contributed by atoms with Gasteiger partial charge < -0.3 is 4.90 Å². The van der Waals surface area contributed by atoms with Gasteiger partial charge in [0.2, 0.25) is 5.91 Å². The molecule has 2 amide bonds. The van der Waals surface area contributed by atoms with Crippen LogP contribution in [0.2, 0.25) is 0 Å². The highest BCUT2D eigenvalue weighted by Gasteiger charge is 2.36. The molecule has 1 aromatic heterocycles. The van der Waals surface area contributed by atoms with Gasteiger partial charge in [0.1, 0.15) is 5.69 Å². The van der Waals surface area contributed by atoms with Crippen molar-refractivity contribution in [3.63, 3.8) is 0 Å². The summed E-state index contributed by atoms with van der Waals surface area (Å²) >= 11 is 0. The van der Waals surface area contributed by atoms with Crippen molar-refractivity contribution in [1.29, 1.82) is 0 Å². The molecule has 0 N–H and O–H groups in total. The summed E-state index contributed by atoms with van der Waals surface area (Å²) in [5, 5.41) is 3.93. The molecule has 0 radical (unpaired) electrons. The lowest BCUT2D eigenvalue weighted by atomic mass is 9.82. The van der Waals surface area contributed by atoms with Crippen molar-refractivity contribution in [3.05, 3.63) is 52.8 Å². The Bertz CT molecular complexity index is 1100. The van der Waals surface area contributed by atoms with E-state index in [9.17, 15) is 13.8 Å². The van der Waals surface area contributed by atoms with E-state index >= 15 is 0 Å². The summed E-state index contributed by atoms with van der Waals surface area (Å²) < 4.78 is 18.8. The van der Waals surface area contributed by atoms with E-state index in [1.165, 1.54) is 4.68 Å². The van der Waals surface area contributed by atoms with Crippen LogP contribution in [0.3, 0.4) is 0 Å². The zero-order valence-corrected chi connectivity index (χ0v) is 20.0. The van der Waals surface area contributed by atoms with E-state index in [1.807, 2.05) is 49.9 Å². The predicted molar refractivity (Wildman–Crippen MR) is 123 cm³/mol. The number of benzene rings is 1. The number of aromatic nitrogens is 2. The van der Waals surface area contributed by atoms with Crippen LogP contribution in [0.5, 0.6) is 0 Å². The fraction of sp³-hybridized carbons (Fsp3) is 0.522. The number of carbonyl (C=O) groups is 2. The Morgan fingerprint density at radius 2 is 1.71 bits per heavy atom. The average Bonchev–Trinajstić information content (AvgIpc) is 3.05. The molecule has 1 fully saturated rings. The molecule has 7 nitrogen and oxygen atoms in total. The molecule has 3 rings (SSSR count). The molecule has 0 bridgehead atoms. The lowest BCUT2D eigenvalue weighted by Crippen LogP contribution is -2.48. The third-order valence-corrected chi connectivity index (χ3v) is 8.38. The van der Waals surface area contributed by atoms with Gasteiger partial charge in [0.05, 0.1) is 20.8 Å². The molecule has 1 aromatic carbocycles. The van der Waals surface area contributed by atoms with Crippen molar-refractivity contribution >= 4 is 21.5 Å². The molecule has 168 valence electrons. The third-order valence-electron chi connectivity index (χ3n) is 6.14. The highest BCUT2D eigenvalue weighted by Crippen LogP contribution is 2.29. The quantitative estimate of drug-likeness (QED) is 0.725. The maximum absolute atomic E-state index is 13.2. The predicted octanol–water partition coefficient (Wildman–Crippen LogP) is 3.24. The Morgan fingerprint density at radius 1 is 1.13 bits per heavy atom. The Hall–Kier alpha value is -2.48. The van der Waals surface area contributed by atoms with E-state index < -0.39 is 21.1 Å². The smallest absolute Gasteiger partial charge is 0.303 e. The van der Waals surface area contributed by atoms with Crippen LogP contribution in [-0.4, -0.2) is 55.3 Å². The van der Waals surface area contributed by atoms with Crippen molar-refractivity contribution in [1.82, 2.24) is 14.7 Å². The lowest BCUT2D eigenvalue weighted by Gasteiger charge is -2.37. The number of likely N-dealkylation sites (tertiary alicyclic amines) is 1. The number of amides is 2. The normalized spacial score (nSPS) is 17.3. The van der Waals surface area contributed by atoms with E-state index in [-0.39, 0.29) is 11.2 Å². The second kappa shape index (κ2) is 8.57. The van der Waals surface area contributed by atoms with Crippen molar-refractivity contribution < 1.29 is 13.8 Å². The minimum atomic E-state index is -2.73. The van der Waals surface area contributed by atoms with Crippen LogP contribution in [0.15, 0.2) is 34.7 Å². The molecule has 1 aliphatic rings. The van der Waals surface area contributed by atoms with E-state index in [2.05, 4.69) is 9.46 Å². The van der Waals surface area contributed by atoms with Gasteiger partial charge >= 0.3 is 5.91 Å². The van der Waals surface area contributed by atoms with Gasteiger partial charge in [-0.25, -0.2) is 4.21 Å². The van der Waals surface area contributed by atoms with E-state index in [1.54, 1.807) is 26.3 Å². The Labute approximate surface area is 185 Å². The first-order valence-electron chi connectivity index (χ1n) is 10.5. The van der Waals surface area contributed by atoms with Crippen LogP contribution in [0.25, 0.3) is 0 Å². The molecule has 1 saturated heterocycles. The fourth-order valence-corrected chi connectivity index (χ4v) is 5.74. The molecule has 1 unspecified atom stereocenters. The molecule has 31 heavy (non-hydrogen) atoms. The van der Waals surface area contributed by atoms with Gasteiger partial charge in [-0.1, -0.05) is 29.8 Å². The van der Waals surface area contributed by atoms with Crippen LogP contribution >= 0.6 is 0 Å². The molecule has 8 heteroatoms. The molecule has 2 aromatic rings. The Morgan fingerprint density at radius 3 is 2.23 bits per heavy atom. The Balaban J connectivity index is 1.70. The average molecular weight is 445 g/mol. The summed E-state index contributed by atoms with van der Waals surface area (Å²) in [6.07, 6.45) is 2.67. The van der Waals surface area contributed by atoms with Crippen LogP contribution in [0.1, 0.15) is 54.0 Å². The monoisotopic (exact) mass is 444 g/mol. The van der Waals surface area contributed by atoms with Crippen molar-refractivity contribution in [2.45, 2.75) is 51.2 Å². The summed E-state index contributed by atoms with van der Waals surface area (Å²) in [5.41, 5.74) is 2.55. The number of aryl methyl sites for hydroxylation is 3. The zero-order valence-electron chi connectivity index (χ0n) is 19.2. The molecule has 0 aliphatic carbocycles. The maximum Gasteiger partial charge on any atom is 0.303 e. The SMILES string of the molecule is Cc1ccc(C(C)(C)C(=O)N2CCC(S(C)(=O)=NC(=O)c3cc(C)nn3C)CC2)cc1. The van der Waals surface area contributed by atoms with E-state index in [4.69, 9.17) is 0 Å². The second-order valence-electron chi connectivity index (χ2n) is 9.03. The van der Waals surface area contributed by atoms with Gasteiger partial charge in [0, 0.05) is 31.6 Å². The lowest BCUT2D eigenvalue weighted by molar-refractivity contribution is -0.137. The number of rotatable bonds is 4. The first-order valence-corrected chi connectivity index (χ1v) is 12.5. The van der Waals surface area contributed by atoms with E-state index in [0.29, 0.717) is 37.3 Å². The molecule has 1 aliphatic heterocycles. The summed E-state index contributed by atoms with van der Waals surface area (Å²) in [6.45, 7) is 8.73. The van der Waals surface area contributed by atoms with E-state index in [0.717, 1.165) is 11.1 Å². The first-order chi connectivity index (χ1) is 14.4. The molecule has 0 spiro atoms. The summed E-state index contributed by atoms with van der Waals surface area (Å²) in [5.74, 6) is -0.439. The van der Waals surface area contributed by atoms with Gasteiger partial charge in [-0.05, 0) is 52.2 Å². The summed E-state index contributed by atoms with van der Waals surface area (Å²) in [7, 11) is -1.06. The fourth-order valence-electron chi connectivity index (χ4n) is 4.08. The molecule has 2 heterocycles. The van der Waals surface area contributed by atoms with Crippen LogP contribution in [0, 0.1) is 13.8 Å². The van der Waals surface area contributed by atoms with Crippen LogP contribution in [-0.2, 0) is 27.0 Å². The van der Waals surface area contributed by atoms with Crippen molar-refractivity contribution in [2.24, 2.45) is 11.4 Å². The van der Waals surface area contributed by atoms with Gasteiger partial charge in [-0.3, -0.25) is 14.3 Å². The third kappa shape index (κ3) is 4.89. The van der Waals surface area contributed by atoms with Crippen LogP contribution < -0.4 is 0 Å². The minimum absolute atomic E-state index is 0.0655. The number of nitrogens with zero attached hydrogens (tertiary/aromatic N) is 4. The number of piperidine rings is 1. The van der Waals surface area contributed by atoms with Gasteiger partial charge in [-0.15, -0.1) is 0 Å². The standard InChI is InChI=1S/C23H32N4O3S/c1-16-7-9-18(10-8-16)23(3,4)22(29)27-13-11-19(12-14-27)31(6,30)25-21(28)20-15-17(2)24-26(20)5/h7-10,15,19H,11-14H2,1-6H3. The molecular formula is C23H32N4O3S. The molecule has 1 atom stereocenters. The minimum Gasteiger partial charge on any atom is -0.342 e. The zero-order chi connectivity index (χ0) is 23.0. The van der Waals surface area contributed by atoms with Crippen molar-refractivity contribution in [2.75, 3.05) is 19.3 Å².